The third-order valence-electron chi connectivity index (χ3n) is 2.97. The fourth-order valence-electron chi connectivity index (χ4n) is 1.87. The van der Waals surface area contributed by atoms with Gasteiger partial charge in [0.1, 0.15) is 0 Å². The van der Waals surface area contributed by atoms with Crippen LogP contribution in [-0.2, 0) is 5.75 Å². The van der Waals surface area contributed by atoms with E-state index in [-0.39, 0.29) is 5.78 Å². The highest BCUT2D eigenvalue weighted by atomic mass is 35.5. The molecule has 20 heavy (non-hydrogen) atoms. The van der Waals surface area contributed by atoms with E-state index in [1.54, 1.807) is 0 Å². The monoisotopic (exact) mass is 304 g/mol. The fourth-order valence-corrected chi connectivity index (χ4v) is 2.92. The van der Waals surface area contributed by atoms with Gasteiger partial charge in [-0.3, -0.25) is 4.79 Å². The van der Waals surface area contributed by atoms with Crippen molar-refractivity contribution < 1.29 is 4.79 Å². The van der Waals surface area contributed by atoms with Crippen LogP contribution < -0.4 is 0 Å². The molecule has 0 aliphatic carbocycles. The summed E-state index contributed by atoms with van der Waals surface area (Å²) in [6, 6.07) is 17.4. The van der Waals surface area contributed by atoms with Crippen molar-refractivity contribution in [2.24, 2.45) is 0 Å². The highest BCUT2D eigenvalue weighted by molar-refractivity contribution is 7.98. The number of rotatable bonds is 7. The summed E-state index contributed by atoms with van der Waals surface area (Å²) in [5, 5.41) is 0.771. The number of hydrogen-bond donors (Lipinski definition) is 0. The molecule has 0 amide bonds. The molecule has 0 saturated carbocycles. The Labute approximate surface area is 129 Å². The molecule has 0 aliphatic rings. The van der Waals surface area contributed by atoms with Crippen molar-refractivity contribution in [3.8, 4) is 0 Å². The number of thioether (sulfide) groups is 1. The van der Waals surface area contributed by atoms with Gasteiger partial charge in [0.05, 0.1) is 0 Å². The van der Waals surface area contributed by atoms with Crippen LogP contribution in [0.3, 0.4) is 0 Å². The molecular formula is C17H17ClOS. The molecule has 3 heteroatoms. The topological polar surface area (TPSA) is 17.1 Å². The molecule has 2 aromatic rings. The van der Waals surface area contributed by atoms with Gasteiger partial charge in [-0.1, -0.05) is 54.1 Å². The molecule has 0 radical (unpaired) electrons. The summed E-state index contributed by atoms with van der Waals surface area (Å²) in [6.45, 7) is 0. The third-order valence-corrected chi connectivity index (χ3v) is 4.34. The SMILES string of the molecule is O=C(CCCSCc1ccc(Cl)cc1)c1ccccc1. The number of carbonyl (C=O) groups is 1. The Morgan fingerprint density at radius 2 is 1.70 bits per heavy atom. The molecule has 104 valence electrons. The Hall–Kier alpha value is -1.25. The zero-order chi connectivity index (χ0) is 14.2. The van der Waals surface area contributed by atoms with E-state index >= 15 is 0 Å². The second kappa shape index (κ2) is 8.13. The van der Waals surface area contributed by atoms with Crippen molar-refractivity contribution in [2.75, 3.05) is 5.75 Å². The van der Waals surface area contributed by atoms with Crippen molar-refractivity contribution in [3.63, 3.8) is 0 Å². The molecule has 0 spiro atoms. The Morgan fingerprint density at radius 3 is 2.40 bits per heavy atom. The lowest BCUT2D eigenvalue weighted by atomic mass is 10.1. The Morgan fingerprint density at radius 1 is 1.00 bits per heavy atom. The number of benzene rings is 2. The fraction of sp³-hybridized carbons (Fsp3) is 0.235. The van der Waals surface area contributed by atoms with E-state index in [1.807, 2.05) is 66.4 Å². The van der Waals surface area contributed by atoms with Crippen LogP contribution in [0.15, 0.2) is 54.6 Å². The van der Waals surface area contributed by atoms with Crippen LogP contribution >= 0.6 is 23.4 Å². The van der Waals surface area contributed by atoms with Crippen LogP contribution in [-0.4, -0.2) is 11.5 Å². The molecule has 0 aliphatic heterocycles. The molecule has 0 unspecified atom stereocenters. The van der Waals surface area contributed by atoms with Gasteiger partial charge in [0.2, 0.25) is 0 Å². The summed E-state index contributed by atoms with van der Waals surface area (Å²) < 4.78 is 0. The smallest absolute Gasteiger partial charge is 0.162 e. The molecular weight excluding hydrogens is 288 g/mol. The van der Waals surface area contributed by atoms with Gasteiger partial charge in [-0.05, 0) is 29.9 Å². The normalized spacial score (nSPS) is 10.4. The van der Waals surface area contributed by atoms with Gasteiger partial charge < -0.3 is 0 Å². The first-order chi connectivity index (χ1) is 9.75. The summed E-state index contributed by atoms with van der Waals surface area (Å²) in [4.78, 5) is 11.9. The van der Waals surface area contributed by atoms with E-state index in [9.17, 15) is 4.79 Å². The van der Waals surface area contributed by atoms with Crippen LogP contribution in [0, 0.1) is 0 Å². The summed E-state index contributed by atoms with van der Waals surface area (Å²) in [5.74, 6) is 2.20. The highest BCUT2D eigenvalue weighted by Crippen LogP contribution is 2.17. The van der Waals surface area contributed by atoms with Gasteiger partial charge in [-0.2, -0.15) is 11.8 Å². The zero-order valence-electron chi connectivity index (χ0n) is 11.2. The predicted octanol–water partition coefficient (Wildman–Crippen LogP) is 5.24. The molecule has 2 aromatic carbocycles. The van der Waals surface area contributed by atoms with E-state index in [0.29, 0.717) is 6.42 Å². The van der Waals surface area contributed by atoms with Crippen molar-refractivity contribution in [3.05, 3.63) is 70.7 Å². The molecule has 0 aromatic heterocycles. The maximum absolute atomic E-state index is 11.9. The average Bonchev–Trinajstić information content (AvgIpc) is 2.49. The molecule has 0 heterocycles. The minimum atomic E-state index is 0.234. The van der Waals surface area contributed by atoms with E-state index in [4.69, 9.17) is 11.6 Å². The summed E-state index contributed by atoms with van der Waals surface area (Å²) >= 11 is 7.70. The van der Waals surface area contributed by atoms with Crippen LogP contribution in [0.2, 0.25) is 5.02 Å². The molecule has 1 nitrogen and oxygen atoms in total. The molecule has 2 rings (SSSR count). The molecule has 0 bridgehead atoms. The van der Waals surface area contributed by atoms with Crippen LogP contribution in [0.5, 0.6) is 0 Å². The Kier molecular flexibility index (Phi) is 6.16. The maximum atomic E-state index is 11.9. The van der Waals surface area contributed by atoms with Crippen molar-refractivity contribution >= 4 is 29.1 Å². The molecule has 0 fully saturated rings. The minimum absolute atomic E-state index is 0.234. The Balaban J connectivity index is 1.64. The van der Waals surface area contributed by atoms with Crippen LogP contribution in [0.25, 0.3) is 0 Å². The molecule has 0 N–H and O–H groups in total. The molecule has 0 atom stereocenters. The average molecular weight is 305 g/mol. The maximum Gasteiger partial charge on any atom is 0.162 e. The summed E-state index contributed by atoms with van der Waals surface area (Å²) in [5.41, 5.74) is 2.09. The van der Waals surface area contributed by atoms with E-state index < -0.39 is 0 Å². The van der Waals surface area contributed by atoms with Crippen molar-refractivity contribution in [2.45, 2.75) is 18.6 Å². The highest BCUT2D eigenvalue weighted by Gasteiger charge is 2.04. The van der Waals surface area contributed by atoms with Gasteiger partial charge in [0.15, 0.2) is 5.78 Å². The lowest BCUT2D eigenvalue weighted by Gasteiger charge is -2.03. The standard InChI is InChI=1S/C17H17ClOS/c18-16-10-8-14(9-11-16)13-20-12-4-7-17(19)15-5-2-1-3-6-15/h1-3,5-6,8-11H,4,7,12-13H2. The number of ketones is 1. The second-order valence-electron chi connectivity index (χ2n) is 4.57. The first-order valence-corrected chi connectivity index (χ1v) is 8.19. The number of hydrogen-bond acceptors (Lipinski definition) is 2. The van der Waals surface area contributed by atoms with Crippen LogP contribution in [0.4, 0.5) is 0 Å². The van der Waals surface area contributed by atoms with Gasteiger partial charge in [0.25, 0.3) is 0 Å². The quantitative estimate of drug-likeness (QED) is 0.514. The summed E-state index contributed by atoms with van der Waals surface area (Å²) in [7, 11) is 0. The molecule has 0 saturated heterocycles. The number of halogens is 1. The van der Waals surface area contributed by atoms with Gasteiger partial charge in [0, 0.05) is 22.8 Å². The lowest BCUT2D eigenvalue weighted by molar-refractivity contribution is 0.0982. The van der Waals surface area contributed by atoms with Crippen molar-refractivity contribution in [1.82, 2.24) is 0 Å². The van der Waals surface area contributed by atoms with E-state index in [2.05, 4.69) is 0 Å². The van der Waals surface area contributed by atoms with Crippen molar-refractivity contribution in [1.29, 1.82) is 0 Å². The van der Waals surface area contributed by atoms with E-state index in [1.165, 1.54) is 5.56 Å². The third kappa shape index (κ3) is 5.03. The van der Waals surface area contributed by atoms with Crippen LogP contribution in [0.1, 0.15) is 28.8 Å². The van der Waals surface area contributed by atoms with Gasteiger partial charge in [-0.25, -0.2) is 0 Å². The first kappa shape index (κ1) is 15.1. The number of Topliss-reactive ketones (excluding diaryl/α,β-unsaturated/α-hetero) is 1. The van der Waals surface area contributed by atoms with Gasteiger partial charge >= 0.3 is 0 Å². The van der Waals surface area contributed by atoms with Gasteiger partial charge in [-0.15, -0.1) is 0 Å². The largest absolute Gasteiger partial charge is 0.294 e. The Bertz CT molecular complexity index is 537. The predicted molar refractivity (Wildman–Crippen MR) is 87.6 cm³/mol. The zero-order valence-corrected chi connectivity index (χ0v) is 12.8. The second-order valence-corrected chi connectivity index (χ2v) is 6.11. The number of carbonyl (C=O) groups excluding carboxylic acids is 1. The lowest BCUT2D eigenvalue weighted by Crippen LogP contribution is -1.99. The first-order valence-electron chi connectivity index (χ1n) is 6.66. The van der Waals surface area contributed by atoms with E-state index in [0.717, 1.165) is 28.5 Å². The summed E-state index contributed by atoms with van der Waals surface area (Å²) in [6.07, 6.45) is 1.55. The minimum Gasteiger partial charge on any atom is -0.294 e.